The molecular weight excluding hydrogens is 363 g/mol. The SMILES string of the molecule is CC(C)(CNc1cc(C2CC(N)C2)nc(N)n1)N1CCOCC1.Cl.Cl. The number of nitrogens with two attached hydrogens (primary N) is 2. The minimum atomic E-state index is 0. The van der Waals surface area contributed by atoms with Crippen LogP contribution in [0.15, 0.2) is 6.07 Å². The van der Waals surface area contributed by atoms with E-state index in [-0.39, 0.29) is 30.4 Å². The lowest BCUT2D eigenvalue weighted by Gasteiger charge is -2.41. The molecule has 0 amide bonds. The van der Waals surface area contributed by atoms with Gasteiger partial charge in [-0.2, -0.15) is 4.98 Å². The van der Waals surface area contributed by atoms with Crippen LogP contribution in [0.4, 0.5) is 11.8 Å². The van der Waals surface area contributed by atoms with Crippen molar-refractivity contribution in [3.63, 3.8) is 0 Å². The third-order valence-electron chi connectivity index (χ3n) is 4.93. The second kappa shape index (κ2) is 9.19. The number of aromatic nitrogens is 2. The van der Waals surface area contributed by atoms with Crippen molar-refractivity contribution in [1.82, 2.24) is 14.9 Å². The lowest BCUT2D eigenvalue weighted by molar-refractivity contribution is -0.00570. The van der Waals surface area contributed by atoms with Crippen LogP contribution in [0.1, 0.15) is 38.3 Å². The molecule has 0 aromatic carbocycles. The van der Waals surface area contributed by atoms with Gasteiger partial charge in [-0.15, -0.1) is 24.8 Å². The first-order valence-corrected chi connectivity index (χ1v) is 8.41. The van der Waals surface area contributed by atoms with Gasteiger partial charge in [-0.05, 0) is 26.7 Å². The standard InChI is InChI=1S/C16H28N6O.2ClH/c1-16(2,22-3-5-23-6-4-22)10-19-14-9-13(20-15(18)21-14)11-7-12(17)8-11;;/h9,11-12H,3-8,10,17H2,1-2H3,(H3,18,19,20,21);2*1H. The predicted octanol–water partition coefficient (Wildman–Crippen LogP) is 1.63. The molecule has 1 aliphatic carbocycles. The molecule has 1 aromatic heterocycles. The molecule has 7 nitrogen and oxygen atoms in total. The van der Waals surface area contributed by atoms with E-state index in [1.54, 1.807) is 0 Å². The Morgan fingerprint density at radius 3 is 2.48 bits per heavy atom. The van der Waals surface area contributed by atoms with Crippen molar-refractivity contribution in [2.75, 3.05) is 43.9 Å². The van der Waals surface area contributed by atoms with E-state index in [4.69, 9.17) is 16.2 Å². The molecule has 25 heavy (non-hydrogen) atoms. The highest BCUT2D eigenvalue weighted by Crippen LogP contribution is 2.35. The number of anilines is 2. The van der Waals surface area contributed by atoms with Crippen molar-refractivity contribution in [2.45, 2.75) is 44.2 Å². The van der Waals surface area contributed by atoms with Crippen molar-refractivity contribution < 1.29 is 4.74 Å². The van der Waals surface area contributed by atoms with E-state index in [0.29, 0.717) is 17.9 Å². The summed E-state index contributed by atoms with van der Waals surface area (Å²) in [5.74, 6) is 1.55. The van der Waals surface area contributed by atoms with Gasteiger partial charge < -0.3 is 21.5 Å². The molecule has 144 valence electrons. The highest BCUT2D eigenvalue weighted by atomic mass is 35.5. The van der Waals surface area contributed by atoms with Crippen molar-refractivity contribution in [3.05, 3.63) is 11.8 Å². The summed E-state index contributed by atoms with van der Waals surface area (Å²) in [6, 6.07) is 2.32. The first kappa shape index (κ1) is 22.2. The second-order valence-electron chi connectivity index (χ2n) is 7.23. The molecule has 2 aliphatic rings. The minimum absolute atomic E-state index is 0. The Morgan fingerprint density at radius 2 is 1.88 bits per heavy atom. The fourth-order valence-corrected chi connectivity index (χ4v) is 3.28. The van der Waals surface area contributed by atoms with Crippen molar-refractivity contribution in [3.8, 4) is 0 Å². The Kier molecular flexibility index (Phi) is 8.15. The topological polar surface area (TPSA) is 102 Å². The smallest absolute Gasteiger partial charge is 0.222 e. The van der Waals surface area contributed by atoms with Gasteiger partial charge in [0, 0.05) is 43.2 Å². The largest absolute Gasteiger partial charge is 0.379 e. The van der Waals surface area contributed by atoms with Gasteiger partial charge in [0.25, 0.3) is 0 Å². The van der Waals surface area contributed by atoms with Crippen LogP contribution in [0.25, 0.3) is 0 Å². The van der Waals surface area contributed by atoms with Crippen LogP contribution in [0.3, 0.4) is 0 Å². The summed E-state index contributed by atoms with van der Waals surface area (Å²) >= 11 is 0. The number of hydrogen-bond donors (Lipinski definition) is 3. The summed E-state index contributed by atoms with van der Waals surface area (Å²) in [4.78, 5) is 11.1. The van der Waals surface area contributed by atoms with E-state index in [0.717, 1.165) is 57.2 Å². The summed E-state index contributed by atoms with van der Waals surface area (Å²) in [5, 5.41) is 3.43. The molecule has 1 saturated heterocycles. The lowest BCUT2D eigenvalue weighted by atomic mass is 9.78. The maximum atomic E-state index is 5.87. The van der Waals surface area contributed by atoms with Crippen molar-refractivity contribution >= 4 is 36.6 Å². The minimum Gasteiger partial charge on any atom is -0.379 e. The number of hydrogen-bond acceptors (Lipinski definition) is 7. The lowest BCUT2D eigenvalue weighted by Crippen LogP contribution is -2.53. The first-order chi connectivity index (χ1) is 10.9. The molecule has 2 heterocycles. The average molecular weight is 393 g/mol. The van der Waals surface area contributed by atoms with Crippen molar-refractivity contribution in [1.29, 1.82) is 0 Å². The van der Waals surface area contributed by atoms with E-state index < -0.39 is 0 Å². The van der Waals surface area contributed by atoms with Gasteiger partial charge in [-0.1, -0.05) is 0 Å². The fourth-order valence-electron chi connectivity index (χ4n) is 3.28. The summed E-state index contributed by atoms with van der Waals surface area (Å²) in [6.07, 6.45) is 1.96. The molecule has 0 atom stereocenters. The zero-order chi connectivity index (χ0) is 16.4. The third-order valence-corrected chi connectivity index (χ3v) is 4.93. The number of morpholine rings is 1. The van der Waals surface area contributed by atoms with Gasteiger partial charge >= 0.3 is 0 Å². The van der Waals surface area contributed by atoms with Gasteiger partial charge in [-0.25, -0.2) is 4.98 Å². The molecule has 2 fully saturated rings. The number of nitrogens with one attached hydrogen (secondary N) is 1. The number of rotatable bonds is 5. The maximum absolute atomic E-state index is 5.87. The third kappa shape index (κ3) is 5.56. The monoisotopic (exact) mass is 392 g/mol. The average Bonchev–Trinajstić information content (AvgIpc) is 2.50. The second-order valence-corrected chi connectivity index (χ2v) is 7.23. The molecule has 0 radical (unpaired) electrons. The Labute approximate surface area is 162 Å². The number of halogens is 2. The van der Waals surface area contributed by atoms with Crippen LogP contribution in [0.5, 0.6) is 0 Å². The zero-order valence-corrected chi connectivity index (χ0v) is 16.5. The van der Waals surface area contributed by atoms with Gasteiger partial charge in [0.15, 0.2) is 0 Å². The molecule has 9 heteroatoms. The van der Waals surface area contributed by atoms with Gasteiger partial charge in [0.1, 0.15) is 5.82 Å². The highest BCUT2D eigenvalue weighted by Gasteiger charge is 2.30. The van der Waals surface area contributed by atoms with E-state index in [1.807, 2.05) is 6.07 Å². The summed E-state index contributed by atoms with van der Waals surface area (Å²) < 4.78 is 5.43. The quantitative estimate of drug-likeness (QED) is 0.699. The molecule has 3 rings (SSSR count). The van der Waals surface area contributed by atoms with Gasteiger partial charge in [0.05, 0.1) is 18.9 Å². The van der Waals surface area contributed by atoms with Crippen LogP contribution in [-0.4, -0.2) is 59.3 Å². The zero-order valence-electron chi connectivity index (χ0n) is 14.9. The normalized spacial score (nSPS) is 23.8. The van der Waals surface area contributed by atoms with E-state index in [2.05, 4.69) is 34.0 Å². The molecule has 5 N–H and O–H groups in total. The predicted molar refractivity (Wildman–Crippen MR) is 106 cm³/mol. The van der Waals surface area contributed by atoms with Crippen molar-refractivity contribution in [2.24, 2.45) is 5.73 Å². The van der Waals surface area contributed by atoms with Crippen LogP contribution in [0.2, 0.25) is 0 Å². The van der Waals surface area contributed by atoms with Crippen LogP contribution in [-0.2, 0) is 4.74 Å². The molecular formula is C16H30Cl2N6O. The summed E-state index contributed by atoms with van der Waals surface area (Å²) in [5.41, 5.74) is 12.8. The van der Waals surface area contributed by atoms with Crippen LogP contribution < -0.4 is 16.8 Å². The van der Waals surface area contributed by atoms with E-state index >= 15 is 0 Å². The molecule has 1 aliphatic heterocycles. The van der Waals surface area contributed by atoms with Crippen LogP contribution >= 0.6 is 24.8 Å². The fraction of sp³-hybridized carbons (Fsp3) is 0.750. The van der Waals surface area contributed by atoms with E-state index in [9.17, 15) is 0 Å². The van der Waals surface area contributed by atoms with Gasteiger partial charge in [0.2, 0.25) is 5.95 Å². The molecule has 0 bridgehead atoms. The molecule has 0 unspecified atom stereocenters. The Morgan fingerprint density at radius 1 is 1.24 bits per heavy atom. The Balaban J connectivity index is 0.00000156. The molecule has 0 spiro atoms. The van der Waals surface area contributed by atoms with E-state index in [1.165, 1.54) is 0 Å². The Bertz CT molecular complexity index is 547. The maximum Gasteiger partial charge on any atom is 0.222 e. The number of ether oxygens (including phenoxy) is 1. The van der Waals surface area contributed by atoms with Crippen LogP contribution in [0, 0.1) is 0 Å². The molecule has 1 aromatic rings. The van der Waals surface area contributed by atoms with Gasteiger partial charge in [-0.3, -0.25) is 4.90 Å². The number of nitrogen functional groups attached to an aromatic ring is 1. The Hall–Kier alpha value is -0.860. The number of nitrogens with zero attached hydrogens (tertiary/aromatic N) is 3. The summed E-state index contributed by atoms with van der Waals surface area (Å²) in [7, 11) is 0. The summed E-state index contributed by atoms with van der Waals surface area (Å²) in [6.45, 7) is 8.81. The molecule has 1 saturated carbocycles. The first-order valence-electron chi connectivity index (χ1n) is 8.41. The highest BCUT2D eigenvalue weighted by molar-refractivity contribution is 5.85.